The van der Waals surface area contributed by atoms with Crippen molar-refractivity contribution in [2.75, 3.05) is 44.2 Å². The second-order valence-electron chi connectivity index (χ2n) is 8.77. The summed E-state index contributed by atoms with van der Waals surface area (Å²) in [6, 6.07) is 21.5. The number of sulfonamides is 1. The lowest BCUT2D eigenvalue weighted by molar-refractivity contribution is 0.0869. The molecule has 1 amide bonds. The molecule has 0 radical (unpaired) electrons. The quantitative estimate of drug-likeness (QED) is 0.496. The molecule has 1 fully saturated rings. The summed E-state index contributed by atoms with van der Waals surface area (Å²) in [4.78, 5) is 17.6. The van der Waals surface area contributed by atoms with Gasteiger partial charge in [-0.25, -0.2) is 12.7 Å². The Labute approximate surface area is 195 Å². The molecule has 0 aliphatic carbocycles. The van der Waals surface area contributed by atoms with E-state index in [2.05, 4.69) is 52.3 Å². The molecule has 7 heteroatoms. The molecule has 6 nitrogen and oxygen atoms in total. The highest BCUT2D eigenvalue weighted by Crippen LogP contribution is 2.30. The van der Waals surface area contributed by atoms with Crippen molar-refractivity contribution >= 4 is 32.4 Å². The first-order valence-electron chi connectivity index (χ1n) is 11.7. The Bertz CT molecular complexity index is 1260. The van der Waals surface area contributed by atoms with Crippen molar-refractivity contribution in [1.82, 2.24) is 9.21 Å². The van der Waals surface area contributed by atoms with E-state index in [0.29, 0.717) is 12.0 Å². The molecule has 0 N–H and O–H groups in total. The zero-order chi connectivity index (χ0) is 22.8. The van der Waals surface area contributed by atoms with E-state index >= 15 is 0 Å². The third-order valence-electron chi connectivity index (χ3n) is 6.73. The van der Waals surface area contributed by atoms with Crippen LogP contribution < -0.4 is 4.90 Å². The van der Waals surface area contributed by atoms with Gasteiger partial charge in [-0.05, 0) is 43.0 Å². The van der Waals surface area contributed by atoms with Gasteiger partial charge in [-0.2, -0.15) is 0 Å². The fourth-order valence-corrected chi connectivity index (χ4v) is 6.52. The smallest absolute Gasteiger partial charge is 0.269 e. The van der Waals surface area contributed by atoms with E-state index in [0.717, 1.165) is 49.9 Å². The first-order valence-corrected chi connectivity index (χ1v) is 13.1. The molecule has 3 aromatic carbocycles. The van der Waals surface area contributed by atoms with Crippen LogP contribution in [-0.4, -0.2) is 62.8 Å². The molecule has 0 bridgehead atoms. The van der Waals surface area contributed by atoms with Crippen LogP contribution in [0.4, 0.5) is 5.69 Å². The van der Waals surface area contributed by atoms with Crippen LogP contribution in [-0.2, 0) is 10.0 Å². The first kappa shape index (κ1) is 21.9. The summed E-state index contributed by atoms with van der Waals surface area (Å²) in [5.74, 6) is -0.393. The SMILES string of the molecule is O=C1c2ccccc2S(=O)(=O)N1CCCCCN1CCN(c2cccc3ccccc23)CC1. The Morgan fingerprint density at radius 1 is 0.727 bits per heavy atom. The molecule has 172 valence electrons. The van der Waals surface area contributed by atoms with Crippen molar-refractivity contribution < 1.29 is 13.2 Å². The van der Waals surface area contributed by atoms with Crippen LogP contribution in [0.1, 0.15) is 29.6 Å². The third-order valence-corrected chi connectivity index (χ3v) is 8.57. The summed E-state index contributed by atoms with van der Waals surface area (Å²) in [5.41, 5.74) is 1.60. The highest BCUT2D eigenvalue weighted by Gasteiger charge is 2.40. The Kier molecular flexibility index (Phi) is 6.08. The predicted molar refractivity (Wildman–Crippen MR) is 131 cm³/mol. The fraction of sp³-hybridized carbons (Fsp3) is 0.346. The minimum Gasteiger partial charge on any atom is -0.368 e. The second-order valence-corrected chi connectivity index (χ2v) is 10.6. The van der Waals surface area contributed by atoms with E-state index in [1.165, 1.54) is 22.5 Å². The maximum atomic E-state index is 12.6. The summed E-state index contributed by atoms with van der Waals surface area (Å²) in [6.07, 6.45) is 2.59. The number of amides is 1. The molecule has 2 heterocycles. The molecule has 2 aliphatic rings. The van der Waals surface area contributed by atoms with Gasteiger partial charge in [0.05, 0.1) is 5.56 Å². The number of carbonyl (C=O) groups is 1. The molecule has 0 spiro atoms. The van der Waals surface area contributed by atoms with Gasteiger partial charge in [0, 0.05) is 43.8 Å². The van der Waals surface area contributed by atoms with E-state index in [9.17, 15) is 13.2 Å². The fourth-order valence-electron chi connectivity index (χ4n) is 4.92. The van der Waals surface area contributed by atoms with Gasteiger partial charge in [-0.15, -0.1) is 0 Å². The van der Waals surface area contributed by atoms with Crippen LogP contribution in [0.5, 0.6) is 0 Å². The number of benzene rings is 3. The number of rotatable bonds is 7. The molecule has 5 rings (SSSR count). The van der Waals surface area contributed by atoms with Crippen molar-refractivity contribution in [3.63, 3.8) is 0 Å². The molecule has 0 aromatic heterocycles. The number of carbonyl (C=O) groups excluding carboxylic acids is 1. The van der Waals surface area contributed by atoms with Crippen LogP contribution in [0.15, 0.2) is 71.6 Å². The van der Waals surface area contributed by atoms with Gasteiger partial charge in [-0.3, -0.25) is 9.69 Å². The number of hydrogen-bond donors (Lipinski definition) is 0. The number of fused-ring (bicyclic) bond motifs is 2. The standard InChI is InChI=1S/C26H29N3O3S/c30-26-23-12-4-5-14-25(23)33(31,32)29(26)16-7-1-6-15-27-17-19-28(20-18-27)24-13-8-10-21-9-2-3-11-22(21)24/h2-5,8-14H,1,6-7,15-20H2. The average Bonchev–Trinajstić information content (AvgIpc) is 3.04. The second kappa shape index (κ2) is 9.15. The number of hydrogen-bond acceptors (Lipinski definition) is 5. The van der Waals surface area contributed by atoms with Crippen molar-refractivity contribution in [2.24, 2.45) is 0 Å². The maximum absolute atomic E-state index is 12.6. The van der Waals surface area contributed by atoms with E-state index < -0.39 is 15.9 Å². The Morgan fingerprint density at radius 3 is 2.24 bits per heavy atom. The van der Waals surface area contributed by atoms with Crippen LogP contribution in [0.25, 0.3) is 10.8 Å². The first-order chi connectivity index (χ1) is 16.1. The van der Waals surface area contributed by atoms with Crippen molar-refractivity contribution in [3.05, 3.63) is 72.3 Å². The van der Waals surface area contributed by atoms with E-state index in [-0.39, 0.29) is 11.4 Å². The molecule has 2 aliphatic heterocycles. The largest absolute Gasteiger partial charge is 0.368 e. The highest BCUT2D eigenvalue weighted by molar-refractivity contribution is 7.90. The molecule has 3 aromatic rings. The molecule has 1 saturated heterocycles. The minimum atomic E-state index is -3.68. The number of piperazine rings is 1. The molecular weight excluding hydrogens is 434 g/mol. The lowest BCUT2D eigenvalue weighted by Crippen LogP contribution is -2.46. The van der Waals surface area contributed by atoms with E-state index in [1.807, 2.05) is 0 Å². The number of nitrogens with zero attached hydrogens (tertiary/aromatic N) is 3. The normalized spacial score (nSPS) is 18.1. The van der Waals surface area contributed by atoms with Gasteiger partial charge in [0.1, 0.15) is 4.90 Å². The van der Waals surface area contributed by atoms with Gasteiger partial charge in [0.2, 0.25) is 0 Å². The van der Waals surface area contributed by atoms with Crippen molar-refractivity contribution in [2.45, 2.75) is 24.2 Å². The summed E-state index contributed by atoms with van der Waals surface area (Å²) in [5, 5.41) is 2.58. The number of anilines is 1. The van der Waals surface area contributed by atoms with Crippen LogP contribution in [0.3, 0.4) is 0 Å². The topological polar surface area (TPSA) is 60.9 Å². The molecule has 33 heavy (non-hydrogen) atoms. The third kappa shape index (κ3) is 4.23. The zero-order valence-corrected chi connectivity index (χ0v) is 19.5. The maximum Gasteiger partial charge on any atom is 0.269 e. The van der Waals surface area contributed by atoms with Gasteiger partial charge >= 0.3 is 0 Å². The summed E-state index contributed by atoms with van der Waals surface area (Å²) in [6.45, 7) is 5.32. The Morgan fingerprint density at radius 2 is 1.42 bits per heavy atom. The molecule has 0 unspecified atom stereocenters. The van der Waals surface area contributed by atoms with Gasteiger partial charge in [0.15, 0.2) is 0 Å². The van der Waals surface area contributed by atoms with Gasteiger partial charge in [-0.1, -0.05) is 55.0 Å². The molecule has 0 atom stereocenters. The summed E-state index contributed by atoms with van der Waals surface area (Å²) < 4.78 is 26.3. The van der Waals surface area contributed by atoms with Crippen LogP contribution >= 0.6 is 0 Å². The van der Waals surface area contributed by atoms with E-state index in [1.54, 1.807) is 18.2 Å². The van der Waals surface area contributed by atoms with Crippen molar-refractivity contribution in [3.8, 4) is 0 Å². The zero-order valence-electron chi connectivity index (χ0n) is 18.7. The Balaban J connectivity index is 1.07. The van der Waals surface area contributed by atoms with Crippen LogP contribution in [0, 0.1) is 0 Å². The van der Waals surface area contributed by atoms with Gasteiger partial charge in [0.25, 0.3) is 15.9 Å². The Hall–Kier alpha value is -2.90. The lowest BCUT2D eigenvalue weighted by Gasteiger charge is -2.36. The lowest BCUT2D eigenvalue weighted by atomic mass is 10.1. The van der Waals surface area contributed by atoms with Gasteiger partial charge < -0.3 is 4.90 Å². The summed E-state index contributed by atoms with van der Waals surface area (Å²) in [7, 11) is -3.68. The monoisotopic (exact) mass is 463 g/mol. The molecule has 0 saturated carbocycles. The molecular formula is C26H29N3O3S. The summed E-state index contributed by atoms with van der Waals surface area (Å²) >= 11 is 0. The highest BCUT2D eigenvalue weighted by atomic mass is 32.2. The van der Waals surface area contributed by atoms with Crippen molar-refractivity contribution in [1.29, 1.82) is 0 Å². The minimum absolute atomic E-state index is 0.138. The van der Waals surface area contributed by atoms with Crippen LogP contribution in [0.2, 0.25) is 0 Å². The average molecular weight is 464 g/mol. The van der Waals surface area contributed by atoms with E-state index in [4.69, 9.17) is 0 Å². The number of unbranched alkanes of at least 4 members (excludes halogenated alkanes) is 2. The predicted octanol–water partition coefficient (Wildman–Crippen LogP) is 3.98.